The van der Waals surface area contributed by atoms with Gasteiger partial charge in [0.05, 0.1) is 19.8 Å². The van der Waals surface area contributed by atoms with Crippen LogP contribution in [0, 0.1) is 0 Å². The van der Waals surface area contributed by atoms with E-state index < -0.39 is 12.1 Å². The van der Waals surface area contributed by atoms with Crippen molar-refractivity contribution in [3.8, 4) is 0 Å². The summed E-state index contributed by atoms with van der Waals surface area (Å²) in [7, 11) is 1.32. The maximum Gasteiger partial charge on any atom is 0.414 e. The standard InChI is InChI=1S/C16H19NO4/c1-12(13-7-4-3-5-8-13)17-14(11-15(18)20-2)9-6-10-21-16(17)19/h3-5,7-8,11-12H,6,9-10H2,1-2H3/b14-11+/t12-/m0/s1. The molecule has 0 unspecified atom stereocenters. The molecule has 5 nitrogen and oxygen atoms in total. The van der Waals surface area contributed by atoms with E-state index in [9.17, 15) is 9.59 Å². The average molecular weight is 289 g/mol. The molecule has 0 radical (unpaired) electrons. The van der Waals surface area contributed by atoms with E-state index in [2.05, 4.69) is 4.74 Å². The molecule has 112 valence electrons. The number of hydrogen-bond acceptors (Lipinski definition) is 4. The van der Waals surface area contributed by atoms with E-state index in [1.807, 2.05) is 37.3 Å². The first-order chi connectivity index (χ1) is 10.1. The molecule has 1 aromatic carbocycles. The van der Waals surface area contributed by atoms with Crippen LogP contribution in [0.1, 0.15) is 31.4 Å². The van der Waals surface area contributed by atoms with E-state index >= 15 is 0 Å². The van der Waals surface area contributed by atoms with Crippen molar-refractivity contribution >= 4 is 12.1 Å². The van der Waals surface area contributed by atoms with Crippen LogP contribution in [0.25, 0.3) is 0 Å². The third-order valence-corrected chi connectivity index (χ3v) is 3.46. The first kappa shape index (κ1) is 15.1. The lowest BCUT2D eigenvalue weighted by molar-refractivity contribution is -0.135. The molecule has 0 spiro atoms. The van der Waals surface area contributed by atoms with Crippen molar-refractivity contribution in [1.29, 1.82) is 0 Å². The number of ether oxygens (including phenoxy) is 2. The lowest BCUT2D eigenvalue weighted by Crippen LogP contribution is -2.32. The van der Waals surface area contributed by atoms with Crippen LogP contribution in [0.2, 0.25) is 0 Å². The van der Waals surface area contributed by atoms with E-state index in [1.165, 1.54) is 18.1 Å². The van der Waals surface area contributed by atoms with Gasteiger partial charge in [-0.1, -0.05) is 30.3 Å². The van der Waals surface area contributed by atoms with Gasteiger partial charge in [0.2, 0.25) is 0 Å². The lowest BCUT2D eigenvalue weighted by Gasteiger charge is -2.28. The van der Waals surface area contributed by atoms with E-state index in [0.29, 0.717) is 25.1 Å². The van der Waals surface area contributed by atoms with Gasteiger partial charge in [0.1, 0.15) is 0 Å². The van der Waals surface area contributed by atoms with E-state index in [-0.39, 0.29) is 6.04 Å². The van der Waals surface area contributed by atoms with Crippen LogP contribution < -0.4 is 0 Å². The number of esters is 1. The fraction of sp³-hybridized carbons (Fsp3) is 0.375. The maximum atomic E-state index is 12.2. The monoisotopic (exact) mass is 289 g/mol. The molecule has 1 fully saturated rings. The summed E-state index contributed by atoms with van der Waals surface area (Å²) in [5.41, 5.74) is 1.60. The Morgan fingerprint density at radius 2 is 2.10 bits per heavy atom. The molecule has 1 saturated heterocycles. The van der Waals surface area contributed by atoms with E-state index in [4.69, 9.17) is 4.74 Å². The third kappa shape index (κ3) is 3.62. The number of rotatable bonds is 3. The molecule has 1 aliphatic rings. The van der Waals surface area contributed by atoms with Gasteiger partial charge < -0.3 is 9.47 Å². The predicted molar refractivity (Wildman–Crippen MR) is 77.4 cm³/mol. The molecule has 1 aromatic rings. The summed E-state index contributed by atoms with van der Waals surface area (Å²) in [5, 5.41) is 0. The molecular formula is C16H19NO4. The summed E-state index contributed by atoms with van der Waals surface area (Å²) < 4.78 is 9.87. The Morgan fingerprint density at radius 3 is 2.76 bits per heavy atom. The SMILES string of the molecule is COC(=O)/C=C1\CCCOC(=O)N1[C@@H](C)c1ccccc1. The zero-order chi connectivity index (χ0) is 15.2. The number of carbonyl (C=O) groups excluding carboxylic acids is 2. The molecule has 21 heavy (non-hydrogen) atoms. The molecule has 1 aliphatic heterocycles. The molecule has 1 amide bonds. The van der Waals surface area contributed by atoms with E-state index in [0.717, 1.165) is 5.56 Å². The lowest BCUT2D eigenvalue weighted by atomic mass is 10.1. The van der Waals surface area contributed by atoms with Gasteiger partial charge >= 0.3 is 12.1 Å². The highest BCUT2D eigenvalue weighted by Crippen LogP contribution is 2.29. The predicted octanol–water partition coefficient (Wildman–Crippen LogP) is 3.04. The number of benzene rings is 1. The first-order valence-corrected chi connectivity index (χ1v) is 6.93. The van der Waals surface area contributed by atoms with Crippen LogP contribution in [-0.4, -0.2) is 30.7 Å². The molecule has 5 heteroatoms. The van der Waals surface area contributed by atoms with Gasteiger partial charge in [-0.2, -0.15) is 0 Å². The minimum absolute atomic E-state index is 0.215. The molecule has 2 rings (SSSR count). The number of methoxy groups -OCH3 is 1. The first-order valence-electron chi connectivity index (χ1n) is 6.93. The quantitative estimate of drug-likeness (QED) is 0.634. The Balaban J connectivity index is 2.35. The van der Waals surface area contributed by atoms with Gasteiger partial charge in [-0.15, -0.1) is 0 Å². The van der Waals surface area contributed by atoms with Gasteiger partial charge in [-0.05, 0) is 25.3 Å². The maximum absolute atomic E-state index is 12.2. The van der Waals surface area contributed by atoms with Gasteiger partial charge in [-0.3, -0.25) is 4.90 Å². The molecule has 1 atom stereocenters. The molecule has 0 bridgehead atoms. The Hall–Kier alpha value is -2.30. The molecular weight excluding hydrogens is 270 g/mol. The minimum Gasteiger partial charge on any atom is -0.466 e. The van der Waals surface area contributed by atoms with Crippen LogP contribution in [0.3, 0.4) is 0 Å². The smallest absolute Gasteiger partial charge is 0.414 e. The summed E-state index contributed by atoms with van der Waals surface area (Å²) in [5.74, 6) is -0.468. The molecule has 0 N–H and O–H groups in total. The summed E-state index contributed by atoms with van der Waals surface area (Å²) in [6, 6.07) is 9.42. The Kier molecular flexibility index (Phi) is 4.98. The van der Waals surface area contributed by atoms with Gasteiger partial charge in [-0.25, -0.2) is 9.59 Å². The second-order valence-electron chi connectivity index (χ2n) is 4.83. The highest BCUT2D eigenvalue weighted by molar-refractivity contribution is 5.84. The van der Waals surface area contributed by atoms with Crippen molar-refractivity contribution in [1.82, 2.24) is 4.90 Å². The second-order valence-corrected chi connectivity index (χ2v) is 4.83. The Bertz CT molecular complexity index is 538. The van der Waals surface area contributed by atoms with Crippen LogP contribution in [0.15, 0.2) is 42.1 Å². The van der Waals surface area contributed by atoms with Crippen LogP contribution in [-0.2, 0) is 14.3 Å². The molecule has 0 aromatic heterocycles. The van der Waals surface area contributed by atoms with Crippen LogP contribution >= 0.6 is 0 Å². The highest BCUT2D eigenvalue weighted by atomic mass is 16.6. The fourth-order valence-corrected chi connectivity index (χ4v) is 2.34. The minimum atomic E-state index is -0.468. The number of amides is 1. The highest BCUT2D eigenvalue weighted by Gasteiger charge is 2.29. The van der Waals surface area contributed by atoms with Crippen molar-refractivity contribution in [2.75, 3.05) is 13.7 Å². The Morgan fingerprint density at radius 1 is 1.38 bits per heavy atom. The van der Waals surface area contributed by atoms with E-state index in [1.54, 1.807) is 0 Å². The zero-order valence-corrected chi connectivity index (χ0v) is 12.2. The number of cyclic esters (lactones) is 1. The average Bonchev–Trinajstić information content (AvgIpc) is 2.69. The van der Waals surface area contributed by atoms with Crippen molar-refractivity contribution in [3.05, 3.63) is 47.7 Å². The summed E-state index contributed by atoms with van der Waals surface area (Å²) in [6.45, 7) is 2.27. The van der Waals surface area contributed by atoms with Gasteiger partial charge in [0.25, 0.3) is 0 Å². The molecule has 0 aliphatic carbocycles. The molecule has 0 saturated carbocycles. The summed E-state index contributed by atoms with van der Waals surface area (Å²) in [4.78, 5) is 25.3. The summed E-state index contributed by atoms with van der Waals surface area (Å²) >= 11 is 0. The van der Waals surface area contributed by atoms with Gasteiger partial charge in [0, 0.05) is 11.8 Å². The number of carbonyl (C=O) groups is 2. The normalized spacial score (nSPS) is 18.9. The van der Waals surface area contributed by atoms with Gasteiger partial charge in [0.15, 0.2) is 0 Å². The van der Waals surface area contributed by atoms with Crippen molar-refractivity contribution < 1.29 is 19.1 Å². The van der Waals surface area contributed by atoms with Crippen molar-refractivity contribution in [2.24, 2.45) is 0 Å². The number of allylic oxidation sites excluding steroid dienone is 1. The second kappa shape index (κ2) is 6.92. The largest absolute Gasteiger partial charge is 0.466 e. The zero-order valence-electron chi connectivity index (χ0n) is 12.2. The molecule has 1 heterocycles. The van der Waals surface area contributed by atoms with Crippen molar-refractivity contribution in [3.63, 3.8) is 0 Å². The number of hydrogen-bond donors (Lipinski definition) is 0. The fourth-order valence-electron chi connectivity index (χ4n) is 2.34. The topological polar surface area (TPSA) is 55.8 Å². The van der Waals surface area contributed by atoms with Crippen LogP contribution in [0.4, 0.5) is 4.79 Å². The van der Waals surface area contributed by atoms with Crippen molar-refractivity contribution in [2.45, 2.75) is 25.8 Å². The Labute approximate surface area is 124 Å². The van der Waals surface area contributed by atoms with Crippen LogP contribution in [0.5, 0.6) is 0 Å². The third-order valence-electron chi connectivity index (χ3n) is 3.46. The summed E-state index contributed by atoms with van der Waals surface area (Å²) in [6.07, 6.45) is 2.22. The number of nitrogens with zero attached hydrogens (tertiary/aromatic N) is 1.